The highest BCUT2D eigenvalue weighted by Crippen LogP contribution is 1.97. The minimum Gasteiger partial charge on any atom is -0.502 e. The van der Waals surface area contributed by atoms with Gasteiger partial charge in [0.15, 0.2) is 6.29 Å². The first-order valence-corrected chi connectivity index (χ1v) is 4.29. The number of hydrogen-bond donors (Lipinski definition) is 1. The van der Waals surface area contributed by atoms with E-state index >= 15 is 0 Å². The Morgan fingerprint density at radius 3 is 2.58 bits per heavy atom. The molecule has 3 heteroatoms. The molecule has 0 aliphatic heterocycles. The molecule has 1 atom stereocenters. The fraction of sp³-hybridized carbons (Fsp3) is 0.778. The van der Waals surface area contributed by atoms with Crippen LogP contribution in [0.15, 0.2) is 12.8 Å². The normalized spacial score (nSPS) is 12.5. The van der Waals surface area contributed by atoms with Crippen LogP contribution in [0.25, 0.3) is 0 Å². The molecule has 0 amide bonds. The van der Waals surface area contributed by atoms with Crippen LogP contribution in [-0.4, -0.2) is 24.6 Å². The van der Waals surface area contributed by atoms with E-state index in [9.17, 15) is 0 Å². The quantitative estimate of drug-likeness (QED) is 0.345. The second-order valence-corrected chi connectivity index (χ2v) is 2.57. The van der Waals surface area contributed by atoms with Crippen molar-refractivity contribution in [2.75, 3.05) is 13.2 Å². The van der Waals surface area contributed by atoms with E-state index < -0.39 is 6.29 Å². The average molecular weight is 174 g/mol. The summed E-state index contributed by atoms with van der Waals surface area (Å²) in [6.07, 6.45) is 3.84. The Hall–Kier alpha value is -0.540. The van der Waals surface area contributed by atoms with Gasteiger partial charge in [-0.05, 0) is 26.2 Å². The first-order valence-electron chi connectivity index (χ1n) is 4.29. The molecule has 0 fully saturated rings. The van der Waals surface area contributed by atoms with Crippen LogP contribution in [0.2, 0.25) is 0 Å². The van der Waals surface area contributed by atoms with Gasteiger partial charge in [-0.1, -0.05) is 6.58 Å². The lowest BCUT2D eigenvalue weighted by molar-refractivity contribution is -0.0860. The number of aliphatic hydroxyl groups excluding tert-OH is 1. The van der Waals surface area contributed by atoms with Gasteiger partial charge in [-0.3, -0.25) is 0 Å². The number of rotatable bonds is 8. The van der Waals surface area contributed by atoms with Crippen molar-refractivity contribution in [1.82, 2.24) is 0 Å². The van der Waals surface area contributed by atoms with Gasteiger partial charge in [0, 0.05) is 6.61 Å². The van der Waals surface area contributed by atoms with Crippen LogP contribution in [0.3, 0.4) is 0 Å². The molecule has 1 N–H and O–H groups in total. The molecule has 0 saturated heterocycles. The van der Waals surface area contributed by atoms with E-state index in [1.54, 1.807) is 6.92 Å². The van der Waals surface area contributed by atoms with Gasteiger partial charge >= 0.3 is 0 Å². The molecule has 0 aliphatic carbocycles. The summed E-state index contributed by atoms with van der Waals surface area (Å²) in [5.41, 5.74) is 0. The standard InChI is InChI=1S/C9H18O3/c1-3-11-7-5-4-6-8-12-9(2)10/h3,9-10H,1,4-8H2,2H3. The fourth-order valence-corrected chi connectivity index (χ4v) is 0.801. The van der Waals surface area contributed by atoms with Gasteiger partial charge in [0.1, 0.15) is 0 Å². The molecule has 0 radical (unpaired) electrons. The minimum atomic E-state index is -0.644. The smallest absolute Gasteiger partial charge is 0.151 e. The molecule has 0 aromatic carbocycles. The summed E-state index contributed by atoms with van der Waals surface area (Å²) in [7, 11) is 0. The van der Waals surface area contributed by atoms with Gasteiger partial charge in [-0.25, -0.2) is 0 Å². The maximum Gasteiger partial charge on any atom is 0.151 e. The summed E-state index contributed by atoms with van der Waals surface area (Å²) in [5, 5.41) is 8.73. The van der Waals surface area contributed by atoms with Crippen molar-refractivity contribution in [1.29, 1.82) is 0 Å². The van der Waals surface area contributed by atoms with Crippen molar-refractivity contribution in [2.24, 2.45) is 0 Å². The first-order chi connectivity index (χ1) is 5.77. The van der Waals surface area contributed by atoms with Gasteiger partial charge < -0.3 is 14.6 Å². The number of unbranched alkanes of at least 4 members (excludes halogenated alkanes) is 2. The Morgan fingerprint density at radius 2 is 2.00 bits per heavy atom. The number of ether oxygens (including phenoxy) is 2. The monoisotopic (exact) mass is 174 g/mol. The molecule has 0 bridgehead atoms. The summed E-state index contributed by atoms with van der Waals surface area (Å²) in [6, 6.07) is 0. The molecule has 0 rings (SSSR count). The first kappa shape index (κ1) is 11.5. The lowest BCUT2D eigenvalue weighted by Crippen LogP contribution is -2.07. The third-order valence-electron chi connectivity index (χ3n) is 1.38. The van der Waals surface area contributed by atoms with Gasteiger partial charge in [-0.2, -0.15) is 0 Å². The zero-order valence-corrected chi connectivity index (χ0v) is 7.66. The average Bonchev–Trinajstić information content (AvgIpc) is 2.02. The zero-order chi connectivity index (χ0) is 9.23. The molecule has 12 heavy (non-hydrogen) atoms. The molecule has 0 saturated carbocycles. The lowest BCUT2D eigenvalue weighted by atomic mass is 10.2. The molecule has 0 aromatic rings. The molecular weight excluding hydrogens is 156 g/mol. The molecule has 1 unspecified atom stereocenters. The van der Waals surface area contributed by atoms with Crippen LogP contribution in [0, 0.1) is 0 Å². The maximum atomic E-state index is 8.73. The van der Waals surface area contributed by atoms with Crippen LogP contribution in [0.4, 0.5) is 0 Å². The van der Waals surface area contributed by atoms with Crippen LogP contribution in [0.5, 0.6) is 0 Å². The van der Waals surface area contributed by atoms with E-state index in [0.29, 0.717) is 6.61 Å². The van der Waals surface area contributed by atoms with Crippen LogP contribution in [-0.2, 0) is 9.47 Å². The van der Waals surface area contributed by atoms with Gasteiger partial charge in [-0.15, -0.1) is 0 Å². The third-order valence-corrected chi connectivity index (χ3v) is 1.38. The lowest BCUT2D eigenvalue weighted by Gasteiger charge is -2.05. The summed E-state index contributed by atoms with van der Waals surface area (Å²) in [5.74, 6) is 0. The second-order valence-electron chi connectivity index (χ2n) is 2.57. The third kappa shape index (κ3) is 9.46. The number of hydrogen-bond acceptors (Lipinski definition) is 3. The van der Waals surface area contributed by atoms with Crippen molar-refractivity contribution in [2.45, 2.75) is 32.5 Å². The highest BCUT2D eigenvalue weighted by atomic mass is 16.6. The van der Waals surface area contributed by atoms with Crippen molar-refractivity contribution in [3.05, 3.63) is 12.8 Å². The maximum absolute atomic E-state index is 8.73. The summed E-state index contributed by atoms with van der Waals surface area (Å²) >= 11 is 0. The molecule has 0 aliphatic rings. The van der Waals surface area contributed by atoms with E-state index in [-0.39, 0.29) is 0 Å². The van der Waals surface area contributed by atoms with Crippen molar-refractivity contribution >= 4 is 0 Å². The second kappa shape index (κ2) is 8.56. The summed E-state index contributed by atoms with van der Waals surface area (Å²) in [4.78, 5) is 0. The molecule has 0 spiro atoms. The fourth-order valence-electron chi connectivity index (χ4n) is 0.801. The van der Waals surface area contributed by atoms with E-state index in [1.807, 2.05) is 0 Å². The Balaban J connectivity index is 2.86. The highest BCUT2D eigenvalue weighted by Gasteiger charge is 1.93. The summed E-state index contributed by atoms with van der Waals surface area (Å²) < 4.78 is 9.88. The van der Waals surface area contributed by atoms with Crippen molar-refractivity contribution in [3.8, 4) is 0 Å². The number of aliphatic hydroxyl groups is 1. The molecule has 72 valence electrons. The van der Waals surface area contributed by atoms with E-state index in [1.165, 1.54) is 6.26 Å². The Labute approximate surface area is 74.0 Å². The summed E-state index contributed by atoms with van der Waals surface area (Å²) in [6.45, 7) is 6.39. The van der Waals surface area contributed by atoms with Crippen LogP contribution >= 0.6 is 0 Å². The largest absolute Gasteiger partial charge is 0.502 e. The topological polar surface area (TPSA) is 38.7 Å². The molecule has 0 heterocycles. The Kier molecular flexibility index (Phi) is 8.17. The predicted molar refractivity (Wildman–Crippen MR) is 47.6 cm³/mol. The van der Waals surface area contributed by atoms with Crippen molar-refractivity contribution in [3.63, 3.8) is 0 Å². The Bertz CT molecular complexity index is 102. The van der Waals surface area contributed by atoms with E-state index in [0.717, 1.165) is 25.9 Å². The van der Waals surface area contributed by atoms with Gasteiger partial charge in [0.05, 0.1) is 12.9 Å². The van der Waals surface area contributed by atoms with Gasteiger partial charge in [0.25, 0.3) is 0 Å². The predicted octanol–water partition coefficient (Wildman–Crippen LogP) is 1.67. The van der Waals surface area contributed by atoms with Crippen molar-refractivity contribution < 1.29 is 14.6 Å². The zero-order valence-electron chi connectivity index (χ0n) is 7.66. The minimum absolute atomic E-state index is 0.617. The van der Waals surface area contributed by atoms with E-state index in [4.69, 9.17) is 14.6 Å². The van der Waals surface area contributed by atoms with Gasteiger partial charge in [0.2, 0.25) is 0 Å². The van der Waals surface area contributed by atoms with Crippen LogP contribution < -0.4 is 0 Å². The van der Waals surface area contributed by atoms with E-state index in [2.05, 4.69) is 6.58 Å². The molecular formula is C9H18O3. The molecule has 3 nitrogen and oxygen atoms in total. The highest BCUT2D eigenvalue weighted by molar-refractivity contribution is 4.49. The van der Waals surface area contributed by atoms with Crippen LogP contribution in [0.1, 0.15) is 26.2 Å². The SMILES string of the molecule is C=COCCCCCOC(C)O. The molecule has 0 aromatic heterocycles. The Morgan fingerprint density at radius 1 is 1.33 bits per heavy atom.